The number of ether oxygens (including phenoxy) is 1. The Hall–Kier alpha value is -0.900. The monoisotopic (exact) mass is 264 g/mol. The third-order valence-corrected chi connectivity index (χ3v) is 3.41. The van der Waals surface area contributed by atoms with Crippen molar-refractivity contribution in [3.05, 3.63) is 35.9 Å². The molecule has 0 aliphatic carbocycles. The SMILES string of the molecule is CCN(CC)CCNCCOC(C)c1ccccc1. The van der Waals surface area contributed by atoms with Crippen LogP contribution in [0, 0.1) is 0 Å². The Morgan fingerprint density at radius 1 is 1.11 bits per heavy atom. The van der Waals surface area contributed by atoms with Crippen molar-refractivity contribution in [2.45, 2.75) is 26.9 Å². The number of rotatable bonds is 10. The van der Waals surface area contributed by atoms with Gasteiger partial charge < -0.3 is 15.0 Å². The molecule has 1 aromatic carbocycles. The molecule has 0 heterocycles. The average molecular weight is 264 g/mol. The zero-order valence-electron chi connectivity index (χ0n) is 12.6. The lowest BCUT2D eigenvalue weighted by Crippen LogP contribution is -2.33. The highest BCUT2D eigenvalue weighted by Crippen LogP contribution is 2.14. The Morgan fingerprint density at radius 3 is 2.42 bits per heavy atom. The summed E-state index contributed by atoms with van der Waals surface area (Å²) in [7, 11) is 0. The summed E-state index contributed by atoms with van der Waals surface area (Å²) in [5.41, 5.74) is 1.24. The van der Waals surface area contributed by atoms with Crippen LogP contribution in [-0.4, -0.2) is 44.2 Å². The van der Waals surface area contributed by atoms with Gasteiger partial charge in [-0.2, -0.15) is 0 Å². The average Bonchev–Trinajstić information content (AvgIpc) is 2.47. The lowest BCUT2D eigenvalue weighted by molar-refractivity contribution is 0.0675. The van der Waals surface area contributed by atoms with Crippen molar-refractivity contribution in [2.75, 3.05) is 39.3 Å². The first-order valence-corrected chi connectivity index (χ1v) is 7.37. The van der Waals surface area contributed by atoms with Crippen LogP contribution >= 0.6 is 0 Å². The van der Waals surface area contributed by atoms with E-state index in [1.165, 1.54) is 5.56 Å². The van der Waals surface area contributed by atoms with Gasteiger partial charge in [0.15, 0.2) is 0 Å². The summed E-state index contributed by atoms with van der Waals surface area (Å²) in [5.74, 6) is 0. The van der Waals surface area contributed by atoms with Gasteiger partial charge in [-0.3, -0.25) is 0 Å². The van der Waals surface area contributed by atoms with Gasteiger partial charge in [-0.1, -0.05) is 44.2 Å². The van der Waals surface area contributed by atoms with Crippen molar-refractivity contribution in [2.24, 2.45) is 0 Å². The fourth-order valence-corrected chi connectivity index (χ4v) is 2.03. The summed E-state index contributed by atoms with van der Waals surface area (Å²) in [5, 5.41) is 3.42. The number of likely N-dealkylation sites (N-methyl/N-ethyl adjacent to an activating group) is 1. The van der Waals surface area contributed by atoms with Crippen LogP contribution in [0.2, 0.25) is 0 Å². The molecule has 1 N–H and O–H groups in total. The topological polar surface area (TPSA) is 24.5 Å². The number of nitrogens with one attached hydrogen (secondary N) is 1. The minimum absolute atomic E-state index is 0.172. The van der Waals surface area contributed by atoms with Crippen molar-refractivity contribution in [1.29, 1.82) is 0 Å². The molecule has 3 heteroatoms. The van der Waals surface area contributed by atoms with Gasteiger partial charge in [0, 0.05) is 19.6 Å². The predicted octanol–water partition coefficient (Wildman–Crippen LogP) is 2.70. The Kier molecular flexibility index (Phi) is 8.47. The van der Waals surface area contributed by atoms with Gasteiger partial charge >= 0.3 is 0 Å². The molecule has 108 valence electrons. The van der Waals surface area contributed by atoms with Crippen molar-refractivity contribution in [3.63, 3.8) is 0 Å². The minimum atomic E-state index is 0.172. The maximum absolute atomic E-state index is 5.81. The summed E-state index contributed by atoms with van der Waals surface area (Å²) in [6, 6.07) is 10.4. The zero-order chi connectivity index (χ0) is 13.9. The molecule has 0 aliphatic rings. The summed E-state index contributed by atoms with van der Waals surface area (Å²) in [6.45, 7) is 12.6. The first-order valence-electron chi connectivity index (χ1n) is 7.37. The van der Waals surface area contributed by atoms with E-state index in [2.05, 4.69) is 55.3 Å². The van der Waals surface area contributed by atoms with E-state index in [0.29, 0.717) is 0 Å². The maximum atomic E-state index is 5.81. The van der Waals surface area contributed by atoms with Crippen LogP contribution < -0.4 is 5.32 Å². The summed E-state index contributed by atoms with van der Waals surface area (Å²) < 4.78 is 5.81. The third kappa shape index (κ3) is 6.71. The minimum Gasteiger partial charge on any atom is -0.373 e. The second kappa shape index (κ2) is 9.96. The molecular formula is C16H28N2O. The number of nitrogens with zero attached hydrogens (tertiary/aromatic N) is 1. The van der Waals surface area contributed by atoms with Crippen LogP contribution in [0.25, 0.3) is 0 Å². The van der Waals surface area contributed by atoms with E-state index in [0.717, 1.165) is 39.3 Å². The van der Waals surface area contributed by atoms with Gasteiger partial charge in [-0.25, -0.2) is 0 Å². The van der Waals surface area contributed by atoms with Crippen LogP contribution in [0.4, 0.5) is 0 Å². The predicted molar refractivity (Wildman–Crippen MR) is 81.5 cm³/mol. The highest BCUT2D eigenvalue weighted by Gasteiger charge is 2.04. The first kappa shape index (κ1) is 16.2. The molecule has 0 bridgehead atoms. The Morgan fingerprint density at radius 2 is 1.79 bits per heavy atom. The largest absolute Gasteiger partial charge is 0.373 e. The highest BCUT2D eigenvalue weighted by atomic mass is 16.5. The summed E-state index contributed by atoms with van der Waals surface area (Å²) >= 11 is 0. The van der Waals surface area contributed by atoms with Crippen molar-refractivity contribution in [1.82, 2.24) is 10.2 Å². The highest BCUT2D eigenvalue weighted by molar-refractivity contribution is 5.16. The van der Waals surface area contributed by atoms with Crippen LogP contribution in [-0.2, 0) is 4.74 Å². The van der Waals surface area contributed by atoms with E-state index in [-0.39, 0.29) is 6.10 Å². The molecule has 3 nitrogen and oxygen atoms in total. The van der Waals surface area contributed by atoms with Crippen molar-refractivity contribution in [3.8, 4) is 0 Å². The zero-order valence-corrected chi connectivity index (χ0v) is 12.6. The first-order chi connectivity index (χ1) is 9.27. The lowest BCUT2D eigenvalue weighted by Gasteiger charge is -2.18. The molecule has 0 fully saturated rings. The molecule has 0 amide bonds. The van der Waals surface area contributed by atoms with Crippen LogP contribution in [0.3, 0.4) is 0 Å². The van der Waals surface area contributed by atoms with Gasteiger partial charge in [-0.15, -0.1) is 0 Å². The maximum Gasteiger partial charge on any atom is 0.0797 e. The fraction of sp³-hybridized carbons (Fsp3) is 0.625. The second-order valence-corrected chi connectivity index (χ2v) is 4.70. The van der Waals surface area contributed by atoms with Gasteiger partial charge in [0.1, 0.15) is 0 Å². The van der Waals surface area contributed by atoms with E-state index in [1.54, 1.807) is 0 Å². The van der Waals surface area contributed by atoms with Gasteiger partial charge in [0.25, 0.3) is 0 Å². The molecule has 19 heavy (non-hydrogen) atoms. The van der Waals surface area contributed by atoms with E-state index in [4.69, 9.17) is 4.74 Å². The Bertz CT molecular complexity index is 312. The lowest BCUT2D eigenvalue weighted by atomic mass is 10.1. The number of hydrogen-bond acceptors (Lipinski definition) is 3. The Labute approximate surface area is 118 Å². The van der Waals surface area contributed by atoms with Crippen LogP contribution in [0.15, 0.2) is 30.3 Å². The van der Waals surface area contributed by atoms with E-state index in [1.807, 2.05) is 6.07 Å². The third-order valence-electron chi connectivity index (χ3n) is 3.41. The molecule has 0 aliphatic heterocycles. The van der Waals surface area contributed by atoms with Crippen LogP contribution in [0.1, 0.15) is 32.4 Å². The Balaban J connectivity index is 2.05. The van der Waals surface area contributed by atoms with Gasteiger partial charge in [-0.05, 0) is 25.6 Å². The molecular weight excluding hydrogens is 236 g/mol. The van der Waals surface area contributed by atoms with Gasteiger partial charge in [0.05, 0.1) is 12.7 Å². The van der Waals surface area contributed by atoms with Crippen molar-refractivity contribution < 1.29 is 4.74 Å². The standard InChI is InChI=1S/C16H28N2O/c1-4-18(5-2)13-11-17-12-14-19-15(3)16-9-7-6-8-10-16/h6-10,15,17H,4-5,11-14H2,1-3H3. The van der Waals surface area contributed by atoms with E-state index >= 15 is 0 Å². The molecule has 0 aromatic heterocycles. The molecule has 1 unspecified atom stereocenters. The fourth-order valence-electron chi connectivity index (χ4n) is 2.03. The van der Waals surface area contributed by atoms with Crippen LogP contribution in [0.5, 0.6) is 0 Å². The molecule has 1 atom stereocenters. The molecule has 1 rings (SSSR count). The molecule has 0 saturated carbocycles. The summed E-state index contributed by atoms with van der Waals surface area (Å²) in [6.07, 6.45) is 0.172. The molecule has 0 spiro atoms. The van der Waals surface area contributed by atoms with Crippen molar-refractivity contribution >= 4 is 0 Å². The molecule has 0 saturated heterocycles. The second-order valence-electron chi connectivity index (χ2n) is 4.70. The normalized spacial score (nSPS) is 12.8. The van der Waals surface area contributed by atoms with E-state index < -0.39 is 0 Å². The van der Waals surface area contributed by atoms with Gasteiger partial charge in [0.2, 0.25) is 0 Å². The molecule has 1 aromatic rings. The quantitative estimate of drug-likeness (QED) is 0.658. The smallest absolute Gasteiger partial charge is 0.0797 e. The van der Waals surface area contributed by atoms with E-state index in [9.17, 15) is 0 Å². The number of benzene rings is 1. The number of hydrogen-bond donors (Lipinski definition) is 1. The summed E-state index contributed by atoms with van der Waals surface area (Å²) in [4.78, 5) is 2.42. The molecule has 0 radical (unpaired) electrons.